The summed E-state index contributed by atoms with van der Waals surface area (Å²) in [7, 11) is 0. The molecule has 0 aliphatic carbocycles. The van der Waals surface area contributed by atoms with Crippen molar-refractivity contribution in [1.29, 1.82) is 0 Å². The van der Waals surface area contributed by atoms with Crippen LogP contribution in [0.25, 0.3) is 0 Å². The SMILES string of the molecule is CCCCC(N)(CC)Cc1cc(Cl)ccc1Cl. The predicted octanol–water partition coefficient (Wildman–Crippen LogP) is 4.83. The lowest BCUT2D eigenvalue weighted by molar-refractivity contribution is 0.365. The van der Waals surface area contributed by atoms with Crippen molar-refractivity contribution in [3.63, 3.8) is 0 Å². The van der Waals surface area contributed by atoms with Crippen LogP contribution in [0.4, 0.5) is 0 Å². The highest BCUT2D eigenvalue weighted by atomic mass is 35.5. The maximum atomic E-state index is 6.43. The van der Waals surface area contributed by atoms with Gasteiger partial charge in [0.25, 0.3) is 0 Å². The molecular weight excluding hydrogens is 253 g/mol. The number of rotatable bonds is 6. The molecule has 0 spiro atoms. The van der Waals surface area contributed by atoms with Gasteiger partial charge in [-0.05, 0) is 43.0 Å². The molecule has 0 amide bonds. The van der Waals surface area contributed by atoms with E-state index in [0.29, 0.717) is 0 Å². The first-order chi connectivity index (χ1) is 8.00. The second-order valence-electron chi connectivity index (χ2n) is 4.73. The van der Waals surface area contributed by atoms with E-state index in [2.05, 4.69) is 13.8 Å². The van der Waals surface area contributed by atoms with Crippen LogP contribution in [0.15, 0.2) is 18.2 Å². The molecule has 0 bridgehead atoms. The van der Waals surface area contributed by atoms with Gasteiger partial charge in [-0.1, -0.05) is 49.9 Å². The first-order valence-electron chi connectivity index (χ1n) is 6.23. The summed E-state index contributed by atoms with van der Waals surface area (Å²) >= 11 is 12.2. The van der Waals surface area contributed by atoms with E-state index in [4.69, 9.17) is 28.9 Å². The molecule has 0 aliphatic rings. The number of unbranched alkanes of at least 4 members (excludes halogenated alkanes) is 1. The van der Waals surface area contributed by atoms with Crippen LogP contribution < -0.4 is 5.73 Å². The molecule has 17 heavy (non-hydrogen) atoms. The Balaban J connectivity index is 2.82. The maximum Gasteiger partial charge on any atom is 0.0439 e. The van der Waals surface area contributed by atoms with Crippen LogP contribution in [0, 0.1) is 0 Å². The Kier molecular flexibility index (Phi) is 5.78. The number of nitrogens with two attached hydrogens (primary N) is 1. The largest absolute Gasteiger partial charge is 0.325 e. The summed E-state index contributed by atoms with van der Waals surface area (Å²) in [6.07, 6.45) is 5.10. The molecule has 1 rings (SSSR count). The Morgan fingerprint density at radius 1 is 1.24 bits per heavy atom. The van der Waals surface area contributed by atoms with Gasteiger partial charge in [0, 0.05) is 15.6 Å². The van der Waals surface area contributed by atoms with Gasteiger partial charge in [-0.2, -0.15) is 0 Å². The van der Waals surface area contributed by atoms with Crippen molar-refractivity contribution in [2.75, 3.05) is 0 Å². The minimum atomic E-state index is -0.162. The highest BCUT2D eigenvalue weighted by Crippen LogP contribution is 2.27. The van der Waals surface area contributed by atoms with Gasteiger partial charge >= 0.3 is 0 Å². The molecule has 0 saturated carbocycles. The van der Waals surface area contributed by atoms with E-state index in [1.54, 1.807) is 0 Å². The number of hydrogen-bond donors (Lipinski definition) is 1. The third kappa shape index (κ3) is 4.50. The summed E-state index contributed by atoms with van der Waals surface area (Å²) in [5.74, 6) is 0. The molecule has 1 nitrogen and oxygen atoms in total. The van der Waals surface area contributed by atoms with Gasteiger partial charge in [-0.15, -0.1) is 0 Å². The van der Waals surface area contributed by atoms with E-state index < -0.39 is 0 Å². The monoisotopic (exact) mass is 273 g/mol. The predicted molar refractivity (Wildman–Crippen MR) is 76.9 cm³/mol. The van der Waals surface area contributed by atoms with Crippen LogP contribution in [0.3, 0.4) is 0 Å². The van der Waals surface area contributed by atoms with E-state index in [1.807, 2.05) is 18.2 Å². The second-order valence-corrected chi connectivity index (χ2v) is 5.58. The Hall–Kier alpha value is -0.240. The topological polar surface area (TPSA) is 26.0 Å². The summed E-state index contributed by atoms with van der Waals surface area (Å²) < 4.78 is 0. The lowest BCUT2D eigenvalue weighted by Gasteiger charge is -2.28. The van der Waals surface area contributed by atoms with Gasteiger partial charge in [0.2, 0.25) is 0 Å². The molecule has 2 N–H and O–H groups in total. The fourth-order valence-electron chi connectivity index (χ4n) is 1.98. The fourth-order valence-corrected chi connectivity index (χ4v) is 2.36. The fraction of sp³-hybridized carbons (Fsp3) is 0.571. The summed E-state index contributed by atoms with van der Waals surface area (Å²) in [6, 6.07) is 5.58. The van der Waals surface area contributed by atoms with Crippen molar-refractivity contribution in [2.24, 2.45) is 5.73 Å². The summed E-state index contributed by atoms with van der Waals surface area (Å²) in [5, 5.41) is 1.48. The third-order valence-electron chi connectivity index (χ3n) is 3.28. The standard InChI is InChI=1S/C14H21Cl2N/c1-3-5-8-14(17,4-2)10-11-9-12(15)6-7-13(11)16/h6-7,9H,3-5,8,10,17H2,1-2H3. The zero-order chi connectivity index (χ0) is 12.9. The van der Waals surface area contributed by atoms with Crippen LogP contribution in [-0.2, 0) is 6.42 Å². The minimum Gasteiger partial charge on any atom is -0.325 e. The minimum absolute atomic E-state index is 0.162. The van der Waals surface area contributed by atoms with Gasteiger partial charge in [0.15, 0.2) is 0 Å². The molecule has 1 aromatic carbocycles. The molecule has 96 valence electrons. The highest BCUT2D eigenvalue weighted by Gasteiger charge is 2.23. The Bertz CT molecular complexity index is 365. The average Bonchev–Trinajstić information content (AvgIpc) is 2.31. The molecule has 1 unspecified atom stereocenters. The zero-order valence-corrected chi connectivity index (χ0v) is 12.1. The Morgan fingerprint density at radius 3 is 2.53 bits per heavy atom. The first kappa shape index (κ1) is 14.8. The second kappa shape index (κ2) is 6.63. The third-order valence-corrected chi connectivity index (χ3v) is 3.89. The van der Waals surface area contributed by atoms with Crippen LogP contribution in [0.1, 0.15) is 45.1 Å². The zero-order valence-electron chi connectivity index (χ0n) is 10.6. The molecule has 1 atom stereocenters. The molecule has 0 heterocycles. The first-order valence-corrected chi connectivity index (χ1v) is 6.99. The van der Waals surface area contributed by atoms with Crippen molar-refractivity contribution in [1.82, 2.24) is 0 Å². The molecular formula is C14H21Cl2N. The van der Waals surface area contributed by atoms with Gasteiger partial charge < -0.3 is 5.73 Å². The van der Waals surface area contributed by atoms with Crippen molar-refractivity contribution >= 4 is 23.2 Å². The molecule has 0 aromatic heterocycles. The highest BCUT2D eigenvalue weighted by molar-refractivity contribution is 6.33. The lowest BCUT2D eigenvalue weighted by Crippen LogP contribution is -2.41. The number of halogens is 2. The van der Waals surface area contributed by atoms with Crippen LogP contribution in [0.2, 0.25) is 10.0 Å². The van der Waals surface area contributed by atoms with Crippen LogP contribution >= 0.6 is 23.2 Å². The van der Waals surface area contributed by atoms with Gasteiger partial charge in [0.05, 0.1) is 0 Å². The molecule has 0 radical (unpaired) electrons. The summed E-state index contributed by atoms with van der Waals surface area (Å²) in [6.45, 7) is 4.32. The molecule has 0 fully saturated rings. The average molecular weight is 274 g/mol. The summed E-state index contributed by atoms with van der Waals surface area (Å²) in [5.41, 5.74) is 7.33. The number of hydrogen-bond acceptors (Lipinski definition) is 1. The Labute approximate surface area is 114 Å². The molecule has 0 aliphatic heterocycles. The van der Waals surface area contributed by atoms with E-state index in [0.717, 1.165) is 41.3 Å². The van der Waals surface area contributed by atoms with Crippen molar-refractivity contribution in [3.05, 3.63) is 33.8 Å². The van der Waals surface area contributed by atoms with E-state index in [9.17, 15) is 0 Å². The van der Waals surface area contributed by atoms with Crippen molar-refractivity contribution < 1.29 is 0 Å². The molecule has 0 saturated heterocycles. The quantitative estimate of drug-likeness (QED) is 0.789. The van der Waals surface area contributed by atoms with Crippen LogP contribution in [-0.4, -0.2) is 5.54 Å². The lowest BCUT2D eigenvalue weighted by atomic mass is 9.84. The smallest absolute Gasteiger partial charge is 0.0439 e. The number of benzene rings is 1. The van der Waals surface area contributed by atoms with Crippen LogP contribution in [0.5, 0.6) is 0 Å². The molecule has 1 aromatic rings. The van der Waals surface area contributed by atoms with Gasteiger partial charge in [-0.3, -0.25) is 0 Å². The van der Waals surface area contributed by atoms with E-state index in [1.165, 1.54) is 6.42 Å². The Morgan fingerprint density at radius 2 is 1.94 bits per heavy atom. The van der Waals surface area contributed by atoms with Crippen molar-refractivity contribution in [3.8, 4) is 0 Å². The molecule has 3 heteroatoms. The van der Waals surface area contributed by atoms with E-state index in [-0.39, 0.29) is 5.54 Å². The van der Waals surface area contributed by atoms with E-state index >= 15 is 0 Å². The summed E-state index contributed by atoms with van der Waals surface area (Å²) in [4.78, 5) is 0. The maximum absolute atomic E-state index is 6.43. The van der Waals surface area contributed by atoms with Gasteiger partial charge in [-0.25, -0.2) is 0 Å². The van der Waals surface area contributed by atoms with Crippen molar-refractivity contribution in [2.45, 2.75) is 51.5 Å². The normalized spacial score (nSPS) is 14.6. The van der Waals surface area contributed by atoms with Gasteiger partial charge in [0.1, 0.15) is 0 Å².